The normalized spacial score (nSPS) is 11.4. The predicted molar refractivity (Wildman–Crippen MR) is 117 cm³/mol. The number of carbonyl (C=O) groups excluding carboxylic acids is 1. The predicted octanol–water partition coefficient (Wildman–Crippen LogP) is 3.52. The maximum absolute atomic E-state index is 13.0. The Morgan fingerprint density at radius 1 is 1.24 bits per heavy atom. The van der Waals surface area contributed by atoms with E-state index in [1.807, 2.05) is 39.1 Å². The molecule has 3 rings (SSSR count). The zero-order chi connectivity index (χ0) is 21.1. The third kappa shape index (κ3) is 4.70. The Balaban J connectivity index is 1.83. The number of thioether (sulfide) groups is 1. The summed E-state index contributed by atoms with van der Waals surface area (Å²) in [4.78, 5) is 30.2. The van der Waals surface area contributed by atoms with E-state index in [4.69, 9.17) is 0 Å². The van der Waals surface area contributed by atoms with Gasteiger partial charge in [0.1, 0.15) is 0 Å². The lowest BCUT2D eigenvalue weighted by atomic mass is 10.1. The number of fused-ring (bicyclic) bond motifs is 1. The van der Waals surface area contributed by atoms with Crippen LogP contribution < -0.4 is 10.9 Å². The number of hydrogen-bond donors (Lipinski definition) is 1. The molecule has 0 saturated heterocycles. The number of nitrogens with one attached hydrogen (secondary N) is 1. The van der Waals surface area contributed by atoms with E-state index < -0.39 is 0 Å². The number of nitrogens with zero attached hydrogens (tertiary/aromatic N) is 4. The van der Waals surface area contributed by atoms with Gasteiger partial charge in [-0.15, -0.1) is 0 Å². The number of anilines is 1. The van der Waals surface area contributed by atoms with Gasteiger partial charge in [0.25, 0.3) is 5.56 Å². The quantitative estimate of drug-likeness (QED) is 0.473. The molecule has 1 N–H and O–H groups in total. The molecular formula is C21H27N5O2S. The fraction of sp³-hybridized carbons (Fsp3) is 0.429. The van der Waals surface area contributed by atoms with Crippen molar-refractivity contribution in [3.8, 4) is 0 Å². The summed E-state index contributed by atoms with van der Waals surface area (Å²) < 4.78 is 3.44. The molecule has 7 nitrogen and oxygen atoms in total. The standard InChI is InChI=1S/C21H27N5O2S/c1-13(2)10-11-26-20(28)16-8-6-7-9-17(16)22-21(26)29-12-18(27)23-19-14(3)24-25(5)15(19)4/h6-9,13H,10-12H2,1-5H3,(H,23,27). The van der Waals surface area contributed by atoms with Crippen molar-refractivity contribution in [2.24, 2.45) is 13.0 Å². The number of para-hydroxylation sites is 1. The van der Waals surface area contributed by atoms with Gasteiger partial charge in [0.15, 0.2) is 5.16 Å². The molecule has 0 aliphatic heterocycles. The van der Waals surface area contributed by atoms with Gasteiger partial charge in [-0.05, 0) is 38.3 Å². The Hall–Kier alpha value is -2.61. The van der Waals surface area contributed by atoms with Crippen LogP contribution in [0.5, 0.6) is 0 Å². The van der Waals surface area contributed by atoms with E-state index in [2.05, 4.69) is 29.2 Å². The lowest BCUT2D eigenvalue weighted by molar-refractivity contribution is -0.113. The maximum Gasteiger partial charge on any atom is 0.262 e. The van der Waals surface area contributed by atoms with Crippen molar-refractivity contribution in [1.82, 2.24) is 19.3 Å². The summed E-state index contributed by atoms with van der Waals surface area (Å²) in [5, 5.41) is 8.43. The van der Waals surface area contributed by atoms with E-state index in [-0.39, 0.29) is 17.2 Å². The third-order valence-corrected chi connectivity index (χ3v) is 5.84. The van der Waals surface area contributed by atoms with Gasteiger partial charge in [0.05, 0.1) is 33.7 Å². The van der Waals surface area contributed by atoms with Gasteiger partial charge in [-0.1, -0.05) is 37.7 Å². The Bertz CT molecular complexity index is 1100. The van der Waals surface area contributed by atoms with Crippen LogP contribution in [-0.4, -0.2) is 31.0 Å². The molecule has 29 heavy (non-hydrogen) atoms. The minimum absolute atomic E-state index is 0.0573. The largest absolute Gasteiger partial charge is 0.322 e. The van der Waals surface area contributed by atoms with Crippen molar-refractivity contribution in [2.75, 3.05) is 11.1 Å². The minimum Gasteiger partial charge on any atom is -0.322 e. The molecule has 0 fully saturated rings. The van der Waals surface area contributed by atoms with Crippen molar-refractivity contribution >= 4 is 34.3 Å². The van der Waals surface area contributed by atoms with Gasteiger partial charge >= 0.3 is 0 Å². The second-order valence-corrected chi connectivity index (χ2v) is 8.50. The summed E-state index contributed by atoms with van der Waals surface area (Å²) in [5.74, 6) is 0.485. The first-order valence-corrected chi connectivity index (χ1v) is 10.7. The van der Waals surface area contributed by atoms with E-state index in [0.717, 1.165) is 23.5 Å². The average Bonchev–Trinajstić information content (AvgIpc) is 2.91. The maximum atomic E-state index is 13.0. The Morgan fingerprint density at radius 2 is 1.97 bits per heavy atom. The molecule has 8 heteroatoms. The number of benzene rings is 1. The van der Waals surface area contributed by atoms with Crippen molar-refractivity contribution in [2.45, 2.75) is 45.8 Å². The molecule has 0 bridgehead atoms. The Labute approximate surface area is 174 Å². The van der Waals surface area contributed by atoms with Crippen LogP contribution in [0.4, 0.5) is 5.69 Å². The van der Waals surface area contributed by atoms with Crippen LogP contribution in [0.2, 0.25) is 0 Å². The zero-order valence-electron chi connectivity index (χ0n) is 17.5. The Kier molecular flexibility index (Phi) is 6.42. The molecule has 0 saturated carbocycles. The topological polar surface area (TPSA) is 81.8 Å². The van der Waals surface area contributed by atoms with Crippen LogP contribution in [0.25, 0.3) is 10.9 Å². The second kappa shape index (κ2) is 8.82. The molecule has 0 aliphatic carbocycles. The minimum atomic E-state index is -0.146. The number of aromatic nitrogens is 4. The van der Waals surface area contributed by atoms with Crippen LogP contribution >= 0.6 is 11.8 Å². The molecule has 154 valence electrons. The second-order valence-electron chi connectivity index (χ2n) is 7.56. The summed E-state index contributed by atoms with van der Waals surface area (Å²) in [6.07, 6.45) is 0.869. The van der Waals surface area contributed by atoms with Crippen molar-refractivity contribution in [3.63, 3.8) is 0 Å². The lowest BCUT2D eigenvalue weighted by Gasteiger charge is -2.14. The number of aryl methyl sites for hydroxylation is 2. The summed E-state index contributed by atoms with van der Waals surface area (Å²) >= 11 is 1.29. The molecular weight excluding hydrogens is 386 g/mol. The van der Waals surface area contributed by atoms with Crippen molar-refractivity contribution in [3.05, 3.63) is 46.0 Å². The first-order valence-electron chi connectivity index (χ1n) is 9.70. The highest BCUT2D eigenvalue weighted by molar-refractivity contribution is 7.99. The molecule has 1 amide bonds. The van der Waals surface area contributed by atoms with Crippen LogP contribution in [0, 0.1) is 19.8 Å². The van der Waals surface area contributed by atoms with Crippen LogP contribution in [0.15, 0.2) is 34.2 Å². The fourth-order valence-electron chi connectivity index (χ4n) is 3.10. The molecule has 0 radical (unpaired) electrons. The van der Waals surface area contributed by atoms with Crippen LogP contribution in [0.1, 0.15) is 31.7 Å². The van der Waals surface area contributed by atoms with Crippen LogP contribution in [0.3, 0.4) is 0 Å². The first kappa shape index (κ1) is 21.1. The molecule has 0 aliphatic rings. The van der Waals surface area contributed by atoms with E-state index in [1.165, 1.54) is 11.8 Å². The van der Waals surface area contributed by atoms with E-state index >= 15 is 0 Å². The number of rotatable bonds is 7. The average molecular weight is 414 g/mol. The molecule has 1 aromatic carbocycles. The van der Waals surface area contributed by atoms with Crippen LogP contribution in [-0.2, 0) is 18.4 Å². The van der Waals surface area contributed by atoms with Gasteiger partial charge in [-0.3, -0.25) is 18.8 Å². The molecule has 2 heterocycles. The van der Waals surface area contributed by atoms with Gasteiger partial charge in [0, 0.05) is 13.6 Å². The van der Waals surface area contributed by atoms with Crippen molar-refractivity contribution in [1.29, 1.82) is 0 Å². The SMILES string of the molecule is Cc1nn(C)c(C)c1NC(=O)CSc1nc2ccccc2c(=O)n1CCC(C)C. The smallest absolute Gasteiger partial charge is 0.262 e. The number of carbonyl (C=O) groups is 1. The Morgan fingerprint density at radius 3 is 2.62 bits per heavy atom. The van der Waals surface area contributed by atoms with Gasteiger partial charge in [-0.2, -0.15) is 5.10 Å². The third-order valence-electron chi connectivity index (χ3n) is 4.86. The molecule has 0 spiro atoms. The van der Waals surface area contributed by atoms with Gasteiger partial charge < -0.3 is 5.32 Å². The first-order chi connectivity index (χ1) is 13.8. The highest BCUT2D eigenvalue weighted by atomic mass is 32.2. The molecule has 0 unspecified atom stereocenters. The van der Waals surface area contributed by atoms with E-state index in [9.17, 15) is 9.59 Å². The lowest BCUT2D eigenvalue weighted by Crippen LogP contribution is -2.25. The summed E-state index contributed by atoms with van der Waals surface area (Å²) in [6.45, 7) is 8.61. The highest BCUT2D eigenvalue weighted by Gasteiger charge is 2.16. The fourth-order valence-corrected chi connectivity index (χ4v) is 3.93. The summed E-state index contributed by atoms with van der Waals surface area (Å²) in [6, 6.07) is 7.33. The molecule has 2 aromatic heterocycles. The molecule has 0 atom stereocenters. The number of hydrogen-bond acceptors (Lipinski definition) is 5. The van der Waals surface area contributed by atoms with Gasteiger partial charge in [-0.25, -0.2) is 4.98 Å². The summed E-state index contributed by atoms with van der Waals surface area (Å²) in [5.41, 5.74) is 3.01. The number of amides is 1. The van der Waals surface area contributed by atoms with Gasteiger partial charge in [0.2, 0.25) is 5.91 Å². The van der Waals surface area contributed by atoms with Crippen molar-refractivity contribution < 1.29 is 4.79 Å². The molecule has 3 aromatic rings. The summed E-state index contributed by atoms with van der Waals surface area (Å²) in [7, 11) is 1.85. The van der Waals surface area contributed by atoms with E-state index in [1.54, 1.807) is 15.3 Å². The monoisotopic (exact) mass is 413 g/mol. The zero-order valence-corrected chi connectivity index (χ0v) is 18.3. The highest BCUT2D eigenvalue weighted by Crippen LogP contribution is 2.21. The van der Waals surface area contributed by atoms with E-state index in [0.29, 0.717) is 28.5 Å².